The largest absolute Gasteiger partial charge is 0.496 e. The first-order valence-corrected chi connectivity index (χ1v) is 13.2. The highest BCUT2D eigenvalue weighted by Crippen LogP contribution is 2.33. The van der Waals surface area contributed by atoms with Crippen LogP contribution >= 0.6 is 34.7 Å². The molecular formula is C26H22ClN5O2S2. The summed E-state index contributed by atoms with van der Waals surface area (Å²) in [4.78, 5) is 17.3. The van der Waals surface area contributed by atoms with Gasteiger partial charge >= 0.3 is 0 Å². The van der Waals surface area contributed by atoms with E-state index in [0.717, 1.165) is 27.3 Å². The minimum absolute atomic E-state index is 0.131. The van der Waals surface area contributed by atoms with Crippen molar-refractivity contribution in [3.63, 3.8) is 0 Å². The molecule has 0 aliphatic heterocycles. The number of carbonyl (C=O) groups is 1. The molecule has 0 saturated carbocycles. The number of hydrogen-bond donors (Lipinski definition) is 1. The lowest BCUT2D eigenvalue weighted by atomic mass is 10.2. The number of thioether (sulfide) groups is 1. The molecule has 1 N–H and O–H groups in total. The number of rotatable bonds is 7. The molecule has 2 aromatic heterocycles. The molecule has 0 aliphatic rings. The molecular weight excluding hydrogens is 514 g/mol. The molecule has 0 fully saturated rings. The number of thiazole rings is 1. The third-order valence-corrected chi connectivity index (χ3v) is 7.85. The minimum Gasteiger partial charge on any atom is -0.496 e. The van der Waals surface area contributed by atoms with Crippen LogP contribution in [0, 0.1) is 6.92 Å². The molecule has 2 heterocycles. The van der Waals surface area contributed by atoms with Crippen molar-refractivity contribution in [2.45, 2.75) is 12.1 Å². The van der Waals surface area contributed by atoms with Crippen molar-refractivity contribution in [3.05, 3.63) is 71.2 Å². The molecule has 5 aromatic rings. The van der Waals surface area contributed by atoms with Gasteiger partial charge in [0.25, 0.3) is 0 Å². The van der Waals surface area contributed by atoms with Crippen molar-refractivity contribution in [1.29, 1.82) is 0 Å². The first-order valence-electron chi connectivity index (χ1n) is 11.0. The van der Waals surface area contributed by atoms with Crippen LogP contribution in [0.15, 0.2) is 65.8 Å². The molecule has 0 aliphatic carbocycles. The van der Waals surface area contributed by atoms with Crippen molar-refractivity contribution >= 4 is 56.5 Å². The summed E-state index contributed by atoms with van der Waals surface area (Å²) in [5.74, 6) is 1.32. The Morgan fingerprint density at radius 2 is 1.92 bits per heavy atom. The van der Waals surface area contributed by atoms with Gasteiger partial charge < -0.3 is 14.6 Å². The third-order valence-electron chi connectivity index (χ3n) is 5.53. The zero-order valence-corrected chi connectivity index (χ0v) is 22.2. The number of anilines is 1. The Balaban J connectivity index is 1.23. The monoisotopic (exact) mass is 535 g/mol. The van der Waals surface area contributed by atoms with Gasteiger partial charge in [-0.15, -0.1) is 21.5 Å². The van der Waals surface area contributed by atoms with Crippen LogP contribution in [-0.2, 0) is 11.8 Å². The molecule has 0 radical (unpaired) electrons. The molecule has 3 aromatic carbocycles. The van der Waals surface area contributed by atoms with E-state index in [4.69, 9.17) is 21.3 Å². The average Bonchev–Trinajstić information content (AvgIpc) is 3.46. The lowest BCUT2D eigenvalue weighted by molar-refractivity contribution is -0.113. The number of amides is 1. The Labute approximate surface area is 221 Å². The zero-order chi connectivity index (χ0) is 25.2. The summed E-state index contributed by atoms with van der Waals surface area (Å²) in [5.41, 5.74) is 4.69. The van der Waals surface area contributed by atoms with Gasteiger partial charge in [0.05, 0.1) is 28.6 Å². The van der Waals surface area contributed by atoms with Gasteiger partial charge in [0.1, 0.15) is 10.8 Å². The first kappa shape index (κ1) is 24.3. The number of hydrogen-bond acceptors (Lipinski definition) is 7. The molecule has 0 spiro atoms. The maximum atomic E-state index is 12.6. The highest BCUT2D eigenvalue weighted by molar-refractivity contribution is 7.99. The number of nitrogens with one attached hydrogen (secondary N) is 1. The number of carbonyl (C=O) groups excluding carboxylic acids is 1. The molecule has 7 nitrogen and oxygen atoms in total. The van der Waals surface area contributed by atoms with E-state index in [2.05, 4.69) is 34.6 Å². The van der Waals surface area contributed by atoms with E-state index in [-0.39, 0.29) is 11.7 Å². The number of halogens is 1. The van der Waals surface area contributed by atoms with Crippen LogP contribution in [0.5, 0.6) is 5.75 Å². The lowest BCUT2D eigenvalue weighted by Gasteiger charge is -2.09. The Morgan fingerprint density at radius 3 is 2.69 bits per heavy atom. The maximum Gasteiger partial charge on any atom is 0.234 e. The second kappa shape index (κ2) is 10.3. The molecule has 36 heavy (non-hydrogen) atoms. The lowest BCUT2D eigenvalue weighted by Crippen LogP contribution is -2.14. The number of aromatic nitrogens is 4. The number of fused-ring (bicyclic) bond motifs is 1. The smallest absolute Gasteiger partial charge is 0.234 e. The van der Waals surface area contributed by atoms with Crippen molar-refractivity contribution in [1.82, 2.24) is 19.7 Å². The van der Waals surface area contributed by atoms with Gasteiger partial charge in [0.2, 0.25) is 5.91 Å². The first-order chi connectivity index (χ1) is 17.4. The van der Waals surface area contributed by atoms with E-state index in [1.165, 1.54) is 22.0 Å². The maximum absolute atomic E-state index is 12.6. The molecule has 10 heteroatoms. The van der Waals surface area contributed by atoms with Crippen LogP contribution in [0.1, 0.15) is 5.56 Å². The highest BCUT2D eigenvalue weighted by atomic mass is 35.5. The molecule has 0 bridgehead atoms. The highest BCUT2D eigenvalue weighted by Gasteiger charge is 2.17. The van der Waals surface area contributed by atoms with Gasteiger partial charge in [-0.25, -0.2) is 4.98 Å². The minimum atomic E-state index is -0.131. The number of ether oxygens (including phenoxy) is 1. The number of nitrogens with zero attached hydrogens (tertiary/aromatic N) is 4. The molecule has 182 valence electrons. The van der Waals surface area contributed by atoms with E-state index in [1.54, 1.807) is 36.6 Å². The summed E-state index contributed by atoms with van der Waals surface area (Å²) in [5, 5.41) is 13.6. The number of aryl methyl sites for hydroxylation is 1. The Hall–Kier alpha value is -3.40. The Morgan fingerprint density at radius 1 is 1.11 bits per heavy atom. The van der Waals surface area contributed by atoms with Crippen molar-refractivity contribution in [2.24, 2.45) is 7.05 Å². The summed E-state index contributed by atoms with van der Waals surface area (Å²) in [6, 6.07) is 19.3. The topological polar surface area (TPSA) is 81.9 Å². The second-order valence-corrected chi connectivity index (χ2v) is 10.5. The normalized spacial score (nSPS) is 11.1. The SMILES string of the molecule is COc1ccc(Cl)cc1-c1nnc(SCC(=O)Nc2ccc(-c3nc4ccc(C)cc4s3)cc2)n1C. The zero-order valence-electron chi connectivity index (χ0n) is 19.8. The molecule has 0 unspecified atom stereocenters. The van der Waals surface area contributed by atoms with Crippen LogP contribution in [0.25, 0.3) is 32.2 Å². The van der Waals surface area contributed by atoms with Gasteiger partial charge in [-0.3, -0.25) is 4.79 Å². The van der Waals surface area contributed by atoms with Crippen LogP contribution in [0.4, 0.5) is 5.69 Å². The van der Waals surface area contributed by atoms with E-state index >= 15 is 0 Å². The molecule has 1 amide bonds. The fraction of sp³-hybridized carbons (Fsp3) is 0.154. The fourth-order valence-corrected chi connectivity index (χ4v) is 5.66. The van der Waals surface area contributed by atoms with Crippen LogP contribution < -0.4 is 10.1 Å². The Bertz CT molecular complexity index is 1560. The molecule has 0 saturated heterocycles. The summed E-state index contributed by atoms with van der Waals surface area (Å²) < 4.78 is 8.41. The summed E-state index contributed by atoms with van der Waals surface area (Å²) in [6.07, 6.45) is 0. The summed E-state index contributed by atoms with van der Waals surface area (Å²) in [7, 11) is 3.44. The summed E-state index contributed by atoms with van der Waals surface area (Å²) >= 11 is 9.13. The summed E-state index contributed by atoms with van der Waals surface area (Å²) in [6.45, 7) is 2.08. The quantitative estimate of drug-likeness (QED) is 0.241. The fourth-order valence-electron chi connectivity index (χ4n) is 3.71. The third kappa shape index (κ3) is 5.09. The van der Waals surface area contributed by atoms with Crippen molar-refractivity contribution in [2.75, 3.05) is 18.2 Å². The molecule has 0 atom stereocenters. The van der Waals surface area contributed by atoms with Crippen LogP contribution in [0.2, 0.25) is 5.02 Å². The van der Waals surface area contributed by atoms with E-state index < -0.39 is 0 Å². The van der Waals surface area contributed by atoms with E-state index in [9.17, 15) is 4.79 Å². The van der Waals surface area contributed by atoms with Crippen molar-refractivity contribution < 1.29 is 9.53 Å². The Kier molecular flexibility index (Phi) is 6.95. The average molecular weight is 536 g/mol. The number of methoxy groups -OCH3 is 1. The van der Waals surface area contributed by atoms with Gasteiger partial charge in [0.15, 0.2) is 11.0 Å². The van der Waals surface area contributed by atoms with Gasteiger partial charge in [-0.1, -0.05) is 29.4 Å². The number of benzene rings is 3. The predicted octanol–water partition coefficient (Wildman–Crippen LogP) is 6.46. The second-order valence-electron chi connectivity index (χ2n) is 8.11. The van der Waals surface area contributed by atoms with Gasteiger partial charge in [-0.2, -0.15) is 0 Å². The van der Waals surface area contributed by atoms with Crippen LogP contribution in [0.3, 0.4) is 0 Å². The molecule has 5 rings (SSSR count). The predicted molar refractivity (Wildman–Crippen MR) is 147 cm³/mol. The van der Waals surface area contributed by atoms with E-state index in [1.807, 2.05) is 41.9 Å². The van der Waals surface area contributed by atoms with Crippen LogP contribution in [-0.4, -0.2) is 38.5 Å². The van der Waals surface area contributed by atoms with Gasteiger partial charge in [-0.05, 0) is 67.1 Å². The standard InChI is InChI=1S/C26H22ClN5O2S2/c1-15-4-10-20-22(12-15)36-25(29-20)16-5-8-18(9-6-16)28-23(33)14-35-26-31-30-24(32(26)2)19-13-17(27)7-11-21(19)34-3/h4-13H,14H2,1-3H3,(H,28,33). The van der Waals surface area contributed by atoms with Gasteiger partial charge in [0, 0.05) is 23.3 Å². The van der Waals surface area contributed by atoms with Crippen molar-refractivity contribution in [3.8, 4) is 27.7 Å². The van der Waals surface area contributed by atoms with E-state index in [0.29, 0.717) is 21.8 Å².